The van der Waals surface area contributed by atoms with E-state index >= 15 is 0 Å². The number of carbonyl (C=O) groups is 2. The molecule has 0 aliphatic rings. The zero-order valence-corrected chi connectivity index (χ0v) is 21.5. The highest BCUT2D eigenvalue weighted by Crippen LogP contribution is 2.19. The van der Waals surface area contributed by atoms with Crippen molar-refractivity contribution in [3.8, 4) is 17.1 Å². The molecule has 1 heterocycles. The summed E-state index contributed by atoms with van der Waals surface area (Å²) in [5.74, 6) is 0.429. The molecule has 0 saturated heterocycles. The van der Waals surface area contributed by atoms with Gasteiger partial charge in [0.15, 0.2) is 11.6 Å². The largest absolute Gasteiger partial charge is 0.463 e. The molecule has 0 saturated carbocycles. The SMILES string of the molecule is CCCCCCCCC=CCC(=O)Oc1cnc(-c2ccc(CCC(C)OC(=O)CC)cc2)nc1. The number of aromatic nitrogens is 2. The Hall–Kier alpha value is -3.02. The van der Waals surface area contributed by atoms with Crippen LogP contribution in [0.2, 0.25) is 0 Å². The molecular formula is C29H40N2O4. The van der Waals surface area contributed by atoms with Crippen LogP contribution in [0.1, 0.15) is 90.5 Å². The van der Waals surface area contributed by atoms with Gasteiger partial charge in [0.2, 0.25) is 0 Å². The summed E-state index contributed by atoms with van der Waals surface area (Å²) in [6.45, 7) is 5.93. The van der Waals surface area contributed by atoms with Crippen molar-refractivity contribution in [2.45, 2.75) is 97.5 Å². The lowest BCUT2D eigenvalue weighted by atomic mass is 10.1. The number of rotatable bonds is 16. The van der Waals surface area contributed by atoms with E-state index in [9.17, 15) is 9.59 Å². The van der Waals surface area contributed by atoms with Crippen molar-refractivity contribution < 1.29 is 19.1 Å². The Morgan fingerprint density at radius 1 is 0.914 bits per heavy atom. The molecule has 6 heteroatoms. The number of benzene rings is 1. The van der Waals surface area contributed by atoms with Gasteiger partial charge in [-0.15, -0.1) is 0 Å². The monoisotopic (exact) mass is 480 g/mol. The van der Waals surface area contributed by atoms with Crippen molar-refractivity contribution >= 4 is 11.9 Å². The fraction of sp³-hybridized carbons (Fsp3) is 0.517. The van der Waals surface area contributed by atoms with E-state index in [0.29, 0.717) is 18.0 Å². The quantitative estimate of drug-likeness (QED) is 0.146. The fourth-order valence-corrected chi connectivity index (χ4v) is 3.59. The average Bonchev–Trinajstić information content (AvgIpc) is 2.87. The van der Waals surface area contributed by atoms with Crippen LogP contribution in [0.5, 0.6) is 5.75 Å². The van der Waals surface area contributed by atoms with Crippen molar-refractivity contribution in [1.82, 2.24) is 9.97 Å². The van der Waals surface area contributed by atoms with Crippen molar-refractivity contribution in [2.24, 2.45) is 0 Å². The summed E-state index contributed by atoms with van der Waals surface area (Å²) in [6.07, 6.45) is 17.7. The van der Waals surface area contributed by atoms with E-state index in [1.807, 2.05) is 37.3 Å². The van der Waals surface area contributed by atoms with Gasteiger partial charge >= 0.3 is 11.9 Å². The third-order valence-corrected chi connectivity index (χ3v) is 5.71. The summed E-state index contributed by atoms with van der Waals surface area (Å²) in [5, 5.41) is 0. The number of aryl methyl sites for hydroxylation is 1. The third-order valence-electron chi connectivity index (χ3n) is 5.71. The Bertz CT molecular complexity index is 907. The molecule has 2 rings (SSSR count). The van der Waals surface area contributed by atoms with Crippen LogP contribution in [-0.2, 0) is 20.7 Å². The standard InChI is InChI=1S/C29H40N2O4/c1-4-6-7-8-9-10-11-12-13-14-28(33)35-26-21-30-29(31-22-26)25-19-17-24(18-20-25)16-15-23(3)34-27(32)5-2/h12-13,17-23H,4-11,14-16H2,1-3H3. The number of allylic oxidation sites excluding steroid dienone is 1. The smallest absolute Gasteiger partial charge is 0.315 e. The van der Waals surface area contributed by atoms with Crippen molar-refractivity contribution in [3.05, 3.63) is 54.4 Å². The molecule has 0 aliphatic carbocycles. The van der Waals surface area contributed by atoms with Gasteiger partial charge in [0.05, 0.1) is 24.9 Å². The maximum atomic E-state index is 12.0. The second kappa shape index (κ2) is 16.6. The summed E-state index contributed by atoms with van der Waals surface area (Å²) >= 11 is 0. The number of carbonyl (C=O) groups excluding carboxylic acids is 2. The topological polar surface area (TPSA) is 78.4 Å². The molecule has 0 spiro atoms. The zero-order valence-electron chi connectivity index (χ0n) is 21.5. The molecule has 1 aromatic heterocycles. The Morgan fingerprint density at radius 3 is 2.29 bits per heavy atom. The second-order valence-corrected chi connectivity index (χ2v) is 8.84. The van der Waals surface area contributed by atoms with Gasteiger partial charge in [0.1, 0.15) is 0 Å². The number of hydrogen-bond donors (Lipinski definition) is 0. The molecule has 2 aromatic rings. The summed E-state index contributed by atoms with van der Waals surface area (Å²) in [4.78, 5) is 32.1. The number of nitrogens with zero attached hydrogens (tertiary/aromatic N) is 2. The van der Waals surface area contributed by atoms with E-state index < -0.39 is 0 Å². The Labute approximate surface area is 210 Å². The molecule has 1 unspecified atom stereocenters. The molecule has 1 atom stereocenters. The van der Waals surface area contributed by atoms with Crippen LogP contribution in [0.15, 0.2) is 48.8 Å². The molecule has 6 nitrogen and oxygen atoms in total. The minimum atomic E-state index is -0.316. The van der Waals surface area contributed by atoms with Gasteiger partial charge in [0, 0.05) is 12.0 Å². The van der Waals surface area contributed by atoms with E-state index in [0.717, 1.165) is 30.4 Å². The van der Waals surface area contributed by atoms with Gasteiger partial charge in [-0.1, -0.05) is 82.4 Å². The minimum Gasteiger partial charge on any atom is -0.463 e. The van der Waals surface area contributed by atoms with Gasteiger partial charge in [-0.25, -0.2) is 9.97 Å². The first-order valence-electron chi connectivity index (χ1n) is 13.0. The van der Waals surface area contributed by atoms with Crippen LogP contribution in [-0.4, -0.2) is 28.0 Å². The van der Waals surface area contributed by atoms with Gasteiger partial charge in [-0.05, 0) is 38.2 Å². The van der Waals surface area contributed by atoms with E-state index in [-0.39, 0.29) is 24.5 Å². The predicted octanol–water partition coefficient (Wildman–Crippen LogP) is 7.02. The average molecular weight is 481 g/mol. The van der Waals surface area contributed by atoms with E-state index in [1.165, 1.54) is 50.9 Å². The van der Waals surface area contributed by atoms with Crippen LogP contribution < -0.4 is 4.74 Å². The van der Waals surface area contributed by atoms with Gasteiger partial charge in [0.25, 0.3) is 0 Å². The highest BCUT2D eigenvalue weighted by molar-refractivity contribution is 5.73. The molecule has 190 valence electrons. The molecule has 0 radical (unpaired) electrons. The Morgan fingerprint density at radius 2 is 1.60 bits per heavy atom. The van der Waals surface area contributed by atoms with Crippen molar-refractivity contribution in [1.29, 1.82) is 0 Å². The van der Waals surface area contributed by atoms with Gasteiger partial charge < -0.3 is 9.47 Å². The van der Waals surface area contributed by atoms with Gasteiger partial charge in [-0.2, -0.15) is 0 Å². The first kappa shape index (κ1) is 28.2. The highest BCUT2D eigenvalue weighted by Gasteiger charge is 2.09. The molecule has 0 fully saturated rings. The molecular weight excluding hydrogens is 440 g/mol. The maximum absolute atomic E-state index is 12.0. The summed E-state index contributed by atoms with van der Waals surface area (Å²) in [7, 11) is 0. The summed E-state index contributed by atoms with van der Waals surface area (Å²) < 4.78 is 10.6. The van der Waals surface area contributed by atoms with E-state index in [2.05, 4.69) is 23.0 Å². The number of unbranched alkanes of at least 4 members (excludes halogenated alkanes) is 6. The van der Waals surface area contributed by atoms with Crippen LogP contribution in [0.25, 0.3) is 11.4 Å². The van der Waals surface area contributed by atoms with Crippen LogP contribution >= 0.6 is 0 Å². The lowest BCUT2D eigenvalue weighted by molar-refractivity contribution is -0.148. The second-order valence-electron chi connectivity index (χ2n) is 8.84. The third kappa shape index (κ3) is 11.8. The molecule has 0 bridgehead atoms. The van der Waals surface area contributed by atoms with Crippen LogP contribution in [0.3, 0.4) is 0 Å². The fourth-order valence-electron chi connectivity index (χ4n) is 3.59. The summed E-state index contributed by atoms with van der Waals surface area (Å²) in [6, 6.07) is 7.98. The first-order chi connectivity index (χ1) is 17.0. The number of hydrogen-bond acceptors (Lipinski definition) is 6. The number of esters is 2. The van der Waals surface area contributed by atoms with Crippen LogP contribution in [0, 0.1) is 0 Å². The van der Waals surface area contributed by atoms with E-state index in [4.69, 9.17) is 9.47 Å². The molecule has 0 amide bonds. The Balaban J connectivity index is 1.72. The lowest BCUT2D eigenvalue weighted by Gasteiger charge is -2.12. The summed E-state index contributed by atoms with van der Waals surface area (Å²) in [5.41, 5.74) is 2.04. The maximum Gasteiger partial charge on any atom is 0.315 e. The molecule has 35 heavy (non-hydrogen) atoms. The minimum absolute atomic E-state index is 0.100. The highest BCUT2D eigenvalue weighted by atomic mass is 16.5. The van der Waals surface area contributed by atoms with Gasteiger partial charge in [-0.3, -0.25) is 9.59 Å². The first-order valence-corrected chi connectivity index (χ1v) is 13.0. The van der Waals surface area contributed by atoms with Crippen molar-refractivity contribution in [3.63, 3.8) is 0 Å². The predicted molar refractivity (Wildman–Crippen MR) is 139 cm³/mol. The Kier molecular flexibility index (Phi) is 13.4. The molecule has 1 aromatic carbocycles. The molecule has 0 aliphatic heterocycles. The normalized spacial score (nSPS) is 12.0. The molecule has 0 N–H and O–H groups in total. The zero-order chi connectivity index (χ0) is 25.3. The van der Waals surface area contributed by atoms with Crippen LogP contribution in [0.4, 0.5) is 0 Å². The number of ether oxygens (including phenoxy) is 2. The lowest BCUT2D eigenvalue weighted by Crippen LogP contribution is -2.14. The van der Waals surface area contributed by atoms with E-state index in [1.54, 1.807) is 6.92 Å². The van der Waals surface area contributed by atoms with Crippen molar-refractivity contribution in [2.75, 3.05) is 0 Å².